The van der Waals surface area contributed by atoms with Crippen LogP contribution in [0.2, 0.25) is 0 Å². The lowest BCUT2D eigenvalue weighted by molar-refractivity contribution is 0.271. The molecule has 7 nitrogen and oxygen atoms in total. The summed E-state index contributed by atoms with van der Waals surface area (Å²) in [6.07, 6.45) is 6.77. The average Bonchev–Trinajstić information content (AvgIpc) is 3.31. The Hall–Kier alpha value is -3.59. The van der Waals surface area contributed by atoms with Crippen molar-refractivity contribution in [3.05, 3.63) is 88.8 Å². The van der Waals surface area contributed by atoms with E-state index in [9.17, 15) is 8.78 Å². The Balaban J connectivity index is 0.000000543. The number of halogens is 2. The Morgan fingerprint density at radius 2 is 1.81 bits per heavy atom. The molecule has 0 amide bonds. The van der Waals surface area contributed by atoms with Crippen LogP contribution in [0.3, 0.4) is 0 Å². The molecule has 36 heavy (non-hydrogen) atoms. The molecule has 190 valence electrons. The van der Waals surface area contributed by atoms with Gasteiger partial charge in [0.1, 0.15) is 24.6 Å². The van der Waals surface area contributed by atoms with Crippen molar-refractivity contribution in [1.29, 1.82) is 0 Å². The highest BCUT2D eigenvalue weighted by Gasteiger charge is 2.26. The molecule has 0 bridgehead atoms. The van der Waals surface area contributed by atoms with E-state index >= 15 is 0 Å². The van der Waals surface area contributed by atoms with Gasteiger partial charge >= 0.3 is 0 Å². The Labute approximate surface area is 209 Å². The molecular weight excluding hydrogens is 462 g/mol. The maximum absolute atomic E-state index is 14.1. The number of aliphatic hydroxyl groups is 1. The Bertz CT molecular complexity index is 1260. The van der Waals surface area contributed by atoms with Crippen LogP contribution in [0.25, 0.3) is 11.5 Å². The van der Waals surface area contributed by atoms with Gasteiger partial charge in [-0.2, -0.15) is 0 Å². The second kappa shape index (κ2) is 11.0. The number of aromatic nitrogens is 4. The number of hydrogen-bond acceptors (Lipinski definition) is 6. The number of hydrogen-bond donors (Lipinski definition) is 3. The van der Waals surface area contributed by atoms with Crippen LogP contribution in [0.4, 0.5) is 8.78 Å². The van der Waals surface area contributed by atoms with E-state index in [0.29, 0.717) is 23.8 Å². The summed E-state index contributed by atoms with van der Waals surface area (Å²) >= 11 is 0. The largest absolute Gasteiger partial charge is 0.401 e. The van der Waals surface area contributed by atoms with E-state index in [1.807, 2.05) is 12.1 Å². The van der Waals surface area contributed by atoms with Crippen LogP contribution in [-0.4, -0.2) is 24.9 Å². The fraction of sp³-hybridized carbons (Fsp3) is 0.370. The van der Waals surface area contributed by atoms with E-state index < -0.39 is 11.6 Å². The van der Waals surface area contributed by atoms with Crippen LogP contribution < -0.4 is 11.5 Å². The molecular formula is C27H32F2N6O. The third kappa shape index (κ3) is 5.79. The molecule has 3 aromatic rings. The van der Waals surface area contributed by atoms with Gasteiger partial charge in [-0.1, -0.05) is 26.0 Å². The highest BCUT2D eigenvalue weighted by molar-refractivity contribution is 5.67. The van der Waals surface area contributed by atoms with Gasteiger partial charge in [0.2, 0.25) is 0 Å². The van der Waals surface area contributed by atoms with Crippen molar-refractivity contribution in [3.8, 4) is 5.82 Å². The Morgan fingerprint density at radius 3 is 2.42 bits per heavy atom. The second-order valence-electron chi connectivity index (χ2n) is 9.50. The second-order valence-corrected chi connectivity index (χ2v) is 9.50. The predicted molar refractivity (Wildman–Crippen MR) is 134 cm³/mol. The summed E-state index contributed by atoms with van der Waals surface area (Å²) in [4.78, 5) is 8.66. The van der Waals surface area contributed by atoms with Crippen molar-refractivity contribution in [3.63, 3.8) is 0 Å². The van der Waals surface area contributed by atoms with E-state index in [0.717, 1.165) is 35.9 Å². The molecule has 2 aliphatic rings. The van der Waals surface area contributed by atoms with E-state index in [2.05, 4.69) is 28.9 Å². The normalized spacial score (nSPS) is 21.7. The first-order chi connectivity index (χ1) is 17.3. The zero-order chi connectivity index (χ0) is 25.8. The van der Waals surface area contributed by atoms with Gasteiger partial charge in [-0.25, -0.2) is 23.4 Å². The number of pyridine rings is 1. The minimum atomic E-state index is -0.718. The molecule has 3 unspecified atom stereocenters. The molecule has 1 saturated carbocycles. The number of nitrogens with two attached hydrogens (primary N) is 2. The number of aliphatic hydroxyl groups excluding tert-OH is 1. The summed E-state index contributed by atoms with van der Waals surface area (Å²) in [7, 11) is 0. The van der Waals surface area contributed by atoms with Gasteiger partial charge in [-0.3, -0.25) is 0 Å². The molecule has 0 aliphatic heterocycles. The van der Waals surface area contributed by atoms with Gasteiger partial charge in [-0.15, -0.1) is 5.10 Å². The van der Waals surface area contributed by atoms with Crippen molar-refractivity contribution in [2.75, 3.05) is 0 Å². The smallest absolute Gasteiger partial charge is 0.176 e. The third-order valence-corrected chi connectivity index (χ3v) is 6.81. The van der Waals surface area contributed by atoms with Crippen LogP contribution in [-0.2, 0) is 6.61 Å². The van der Waals surface area contributed by atoms with Crippen molar-refractivity contribution in [2.24, 2.45) is 23.3 Å². The molecule has 1 fully saturated rings. The first kappa shape index (κ1) is 25.5. The van der Waals surface area contributed by atoms with Gasteiger partial charge < -0.3 is 16.6 Å². The van der Waals surface area contributed by atoms with Crippen LogP contribution in [0.1, 0.15) is 62.5 Å². The minimum absolute atomic E-state index is 0.00458. The predicted octanol–water partition coefficient (Wildman–Crippen LogP) is 4.58. The monoisotopic (exact) mass is 494 g/mol. The van der Waals surface area contributed by atoms with Gasteiger partial charge in [0.05, 0.1) is 11.3 Å². The number of allylic oxidation sites excluding steroid dienone is 3. The van der Waals surface area contributed by atoms with Crippen LogP contribution in [0, 0.1) is 23.5 Å². The average molecular weight is 495 g/mol. The molecule has 2 aliphatic carbocycles. The highest BCUT2D eigenvalue weighted by atomic mass is 19.1. The topological polar surface area (TPSA) is 116 Å². The first-order valence-electron chi connectivity index (χ1n) is 12.2. The molecule has 1 aromatic carbocycles. The fourth-order valence-electron chi connectivity index (χ4n) is 4.27. The molecule has 5 rings (SSSR count). The minimum Gasteiger partial charge on any atom is -0.401 e. The lowest BCUT2D eigenvalue weighted by Crippen LogP contribution is -2.19. The molecule has 0 spiro atoms. The van der Waals surface area contributed by atoms with Crippen molar-refractivity contribution >= 4 is 5.70 Å². The van der Waals surface area contributed by atoms with Gasteiger partial charge in [0.15, 0.2) is 11.6 Å². The summed E-state index contributed by atoms with van der Waals surface area (Å²) in [6, 6.07) is 9.13. The number of nitrogens with zero attached hydrogens (tertiary/aromatic N) is 4. The van der Waals surface area contributed by atoms with Crippen molar-refractivity contribution in [1.82, 2.24) is 19.7 Å². The third-order valence-electron chi connectivity index (χ3n) is 6.81. The fourth-order valence-corrected chi connectivity index (χ4v) is 4.27. The van der Waals surface area contributed by atoms with E-state index in [1.54, 1.807) is 12.1 Å². The highest BCUT2D eigenvalue weighted by Crippen LogP contribution is 2.36. The number of benzene rings is 1. The van der Waals surface area contributed by atoms with Crippen molar-refractivity contribution in [2.45, 2.75) is 52.1 Å². The van der Waals surface area contributed by atoms with Gasteiger partial charge in [-0.05, 0) is 73.4 Å². The maximum atomic E-state index is 14.1. The Kier molecular flexibility index (Phi) is 7.79. The molecule has 2 aromatic heterocycles. The maximum Gasteiger partial charge on any atom is 0.176 e. The zero-order valence-corrected chi connectivity index (χ0v) is 20.5. The molecule has 0 radical (unpaired) electrons. The SMILES string of the molecule is CC1CC1C.NC1=C(/C=C(\N)c2c(F)cccc2F)CCCC1c1cccc(-n2cnc(CO)n2)n1. The lowest BCUT2D eigenvalue weighted by Gasteiger charge is -2.25. The van der Waals surface area contributed by atoms with E-state index in [1.165, 1.54) is 35.6 Å². The molecule has 3 atom stereocenters. The summed E-state index contributed by atoms with van der Waals surface area (Å²) in [5, 5.41) is 13.3. The van der Waals surface area contributed by atoms with Gasteiger partial charge in [0.25, 0.3) is 0 Å². The van der Waals surface area contributed by atoms with E-state index in [-0.39, 0.29) is 23.8 Å². The summed E-state index contributed by atoms with van der Waals surface area (Å²) < 4.78 is 29.6. The molecule has 2 heterocycles. The van der Waals surface area contributed by atoms with Crippen LogP contribution in [0.15, 0.2) is 60.1 Å². The number of rotatable bonds is 5. The molecule has 9 heteroatoms. The van der Waals surface area contributed by atoms with Gasteiger partial charge in [0, 0.05) is 17.3 Å². The van der Waals surface area contributed by atoms with E-state index in [4.69, 9.17) is 16.6 Å². The summed E-state index contributed by atoms with van der Waals surface area (Å²) in [5.41, 5.74) is 14.3. The lowest BCUT2D eigenvalue weighted by atomic mass is 9.84. The summed E-state index contributed by atoms with van der Waals surface area (Å²) in [5.74, 6) is 1.35. The zero-order valence-electron chi connectivity index (χ0n) is 20.5. The van der Waals surface area contributed by atoms with Crippen molar-refractivity contribution < 1.29 is 13.9 Å². The van der Waals surface area contributed by atoms with Crippen LogP contribution >= 0.6 is 0 Å². The summed E-state index contributed by atoms with van der Waals surface area (Å²) in [6.45, 7) is 4.33. The molecule has 5 N–H and O–H groups in total. The Morgan fingerprint density at radius 1 is 1.14 bits per heavy atom. The quantitative estimate of drug-likeness (QED) is 0.478. The van der Waals surface area contributed by atoms with Crippen LogP contribution in [0.5, 0.6) is 0 Å². The standard InChI is InChI=1S/C22H22F2N6O.C5H10/c23-15-6-2-7-16(24)21(15)17(25)10-13-4-1-5-14(22(13)26)18-8-3-9-20(28-18)30-12-27-19(11-31)29-30;1-4-3-5(4)2/h2-3,6-10,12,14,31H,1,4-5,11,25-26H2;4-5H,3H2,1-2H3/b17-10-;. The first-order valence-corrected chi connectivity index (χ1v) is 12.2. The molecule has 0 saturated heterocycles.